The van der Waals surface area contributed by atoms with Crippen LogP contribution >= 0.6 is 0 Å². The maximum atomic E-state index is 11.7. The highest BCUT2D eigenvalue weighted by Gasteiger charge is 2.24. The smallest absolute Gasteiger partial charge is 0.302 e. The number of benzene rings is 3. The molecule has 0 aliphatic rings. The average molecular weight is 330 g/mol. The number of aryl methyl sites for hydroxylation is 1. The van der Waals surface area contributed by atoms with E-state index in [1.54, 1.807) is 12.1 Å². The van der Waals surface area contributed by atoms with E-state index in [0.717, 1.165) is 16.6 Å². The number of fused-ring (bicyclic) bond motifs is 2. The summed E-state index contributed by atoms with van der Waals surface area (Å²) in [7, 11) is 0. The molecule has 1 heterocycles. The Kier molecular flexibility index (Phi) is 3.32. The second-order valence-corrected chi connectivity index (χ2v) is 5.89. The van der Waals surface area contributed by atoms with Gasteiger partial charge in [-0.2, -0.15) is 0 Å². The highest BCUT2D eigenvalue weighted by atomic mass is 16.6. The van der Waals surface area contributed by atoms with Crippen LogP contribution in [0.15, 0.2) is 54.6 Å². The van der Waals surface area contributed by atoms with E-state index < -0.39 is 4.92 Å². The molecule has 0 spiro atoms. The van der Waals surface area contributed by atoms with Gasteiger partial charge in [-0.05, 0) is 30.7 Å². The lowest BCUT2D eigenvalue weighted by Crippen LogP contribution is -2.02. The van der Waals surface area contributed by atoms with E-state index in [1.165, 1.54) is 0 Å². The van der Waals surface area contributed by atoms with Crippen LogP contribution < -0.4 is 5.73 Å². The van der Waals surface area contributed by atoms with Crippen LogP contribution in [0.1, 0.15) is 5.56 Å². The van der Waals surface area contributed by atoms with Gasteiger partial charge in [0.15, 0.2) is 0 Å². The summed E-state index contributed by atoms with van der Waals surface area (Å²) in [5.41, 5.74) is 10.5. The summed E-state index contributed by atoms with van der Waals surface area (Å²) >= 11 is 0. The van der Waals surface area contributed by atoms with Crippen molar-refractivity contribution < 1.29 is 4.92 Å². The standard InChI is InChI=1S/C19H14N4O2/c1-11-6-8-12(9-7-11)13-10-16-18(17(20)19(13)23(24)25)22-15-5-3-2-4-14(15)21-16/h2-10H,20H2,1H3. The molecular formula is C19H14N4O2. The van der Waals surface area contributed by atoms with Crippen LogP contribution in [-0.4, -0.2) is 14.9 Å². The van der Waals surface area contributed by atoms with E-state index >= 15 is 0 Å². The lowest BCUT2D eigenvalue weighted by Gasteiger charge is -2.09. The van der Waals surface area contributed by atoms with Crippen molar-refractivity contribution in [1.29, 1.82) is 0 Å². The number of anilines is 1. The molecule has 1 aromatic heterocycles. The van der Waals surface area contributed by atoms with Gasteiger partial charge in [0.25, 0.3) is 0 Å². The zero-order chi connectivity index (χ0) is 17.6. The zero-order valence-corrected chi connectivity index (χ0v) is 13.4. The Hall–Kier alpha value is -3.54. The van der Waals surface area contributed by atoms with Crippen LogP contribution in [0.5, 0.6) is 0 Å². The van der Waals surface area contributed by atoms with Crippen molar-refractivity contribution in [3.8, 4) is 11.1 Å². The van der Waals surface area contributed by atoms with E-state index in [1.807, 2.05) is 49.4 Å². The van der Waals surface area contributed by atoms with Crippen molar-refractivity contribution in [2.45, 2.75) is 6.92 Å². The molecule has 25 heavy (non-hydrogen) atoms. The molecule has 0 saturated heterocycles. The van der Waals surface area contributed by atoms with Gasteiger partial charge in [-0.15, -0.1) is 0 Å². The Labute approximate surface area is 143 Å². The summed E-state index contributed by atoms with van der Waals surface area (Å²) in [6.07, 6.45) is 0. The first-order chi connectivity index (χ1) is 12.0. The number of aromatic nitrogens is 2. The lowest BCUT2D eigenvalue weighted by molar-refractivity contribution is -0.383. The number of nitrogens with two attached hydrogens (primary N) is 1. The molecule has 122 valence electrons. The molecule has 0 fully saturated rings. The number of nitrogen functional groups attached to an aromatic ring is 1. The van der Waals surface area contributed by atoms with Gasteiger partial charge in [-0.25, -0.2) is 9.97 Å². The van der Waals surface area contributed by atoms with E-state index in [2.05, 4.69) is 9.97 Å². The number of nitro groups is 1. The van der Waals surface area contributed by atoms with E-state index in [0.29, 0.717) is 22.1 Å². The third-order valence-electron chi connectivity index (χ3n) is 4.19. The van der Waals surface area contributed by atoms with Crippen molar-refractivity contribution in [2.75, 3.05) is 5.73 Å². The predicted molar refractivity (Wildman–Crippen MR) is 98.3 cm³/mol. The van der Waals surface area contributed by atoms with Gasteiger partial charge < -0.3 is 5.73 Å². The first-order valence-electron chi connectivity index (χ1n) is 7.75. The van der Waals surface area contributed by atoms with Crippen LogP contribution in [0, 0.1) is 17.0 Å². The highest BCUT2D eigenvalue weighted by Crippen LogP contribution is 2.39. The lowest BCUT2D eigenvalue weighted by atomic mass is 10.00. The topological polar surface area (TPSA) is 94.9 Å². The van der Waals surface area contributed by atoms with Gasteiger partial charge in [-0.1, -0.05) is 42.0 Å². The Morgan fingerprint density at radius 1 is 0.960 bits per heavy atom. The molecule has 0 bridgehead atoms. The van der Waals surface area contributed by atoms with Gasteiger partial charge in [0.1, 0.15) is 11.2 Å². The Morgan fingerprint density at radius 3 is 2.24 bits per heavy atom. The number of rotatable bonds is 2. The fourth-order valence-corrected chi connectivity index (χ4v) is 2.92. The number of hydrogen-bond acceptors (Lipinski definition) is 5. The van der Waals surface area contributed by atoms with Gasteiger partial charge in [0.2, 0.25) is 0 Å². The first-order valence-corrected chi connectivity index (χ1v) is 7.75. The van der Waals surface area contributed by atoms with E-state index in [4.69, 9.17) is 5.73 Å². The first kappa shape index (κ1) is 15.0. The molecule has 0 amide bonds. The normalized spacial score (nSPS) is 11.1. The van der Waals surface area contributed by atoms with Gasteiger partial charge in [-0.3, -0.25) is 10.1 Å². The van der Waals surface area contributed by atoms with Crippen LogP contribution in [0.3, 0.4) is 0 Å². The molecular weight excluding hydrogens is 316 g/mol. The molecule has 2 N–H and O–H groups in total. The summed E-state index contributed by atoms with van der Waals surface area (Å²) in [4.78, 5) is 20.3. The minimum absolute atomic E-state index is 0.0383. The monoisotopic (exact) mass is 330 g/mol. The number of nitrogens with zero attached hydrogens (tertiary/aromatic N) is 3. The Balaban J connectivity index is 2.10. The van der Waals surface area contributed by atoms with Crippen molar-refractivity contribution in [2.24, 2.45) is 0 Å². The number of nitro benzene ring substituents is 1. The molecule has 0 unspecified atom stereocenters. The second kappa shape index (κ2) is 5.52. The summed E-state index contributed by atoms with van der Waals surface area (Å²) in [5, 5.41) is 11.7. The number of hydrogen-bond donors (Lipinski definition) is 1. The molecule has 4 rings (SSSR count). The summed E-state index contributed by atoms with van der Waals surface area (Å²) in [6, 6.07) is 16.6. The third-order valence-corrected chi connectivity index (χ3v) is 4.19. The largest absolute Gasteiger partial charge is 0.391 e. The van der Waals surface area contributed by atoms with Crippen molar-refractivity contribution >= 4 is 33.4 Å². The minimum atomic E-state index is -0.458. The second-order valence-electron chi connectivity index (χ2n) is 5.89. The molecule has 0 saturated carbocycles. The SMILES string of the molecule is Cc1ccc(-c2cc3nc4ccccc4nc3c(N)c2[N+](=O)[O-])cc1. The van der Waals surface area contributed by atoms with E-state index in [9.17, 15) is 10.1 Å². The molecule has 0 radical (unpaired) electrons. The molecule has 3 aromatic carbocycles. The average Bonchev–Trinajstić information content (AvgIpc) is 2.60. The maximum absolute atomic E-state index is 11.7. The Bertz CT molecular complexity index is 1140. The fraction of sp³-hybridized carbons (Fsp3) is 0.0526. The molecule has 6 nitrogen and oxygen atoms in total. The quantitative estimate of drug-likeness (QED) is 0.256. The summed E-state index contributed by atoms with van der Waals surface area (Å²) in [5.74, 6) is 0. The third kappa shape index (κ3) is 2.44. The maximum Gasteiger partial charge on any atom is 0.302 e. The van der Waals surface area contributed by atoms with Crippen LogP contribution in [0.4, 0.5) is 11.4 Å². The Morgan fingerprint density at radius 2 is 1.60 bits per heavy atom. The molecule has 0 atom stereocenters. The van der Waals surface area contributed by atoms with Gasteiger partial charge in [0, 0.05) is 0 Å². The van der Waals surface area contributed by atoms with Gasteiger partial charge in [0.05, 0.1) is 27.0 Å². The minimum Gasteiger partial charge on any atom is -0.391 e. The fourth-order valence-electron chi connectivity index (χ4n) is 2.92. The van der Waals surface area contributed by atoms with Crippen molar-refractivity contribution in [1.82, 2.24) is 9.97 Å². The van der Waals surface area contributed by atoms with Crippen LogP contribution in [-0.2, 0) is 0 Å². The van der Waals surface area contributed by atoms with Crippen molar-refractivity contribution in [3.05, 3.63) is 70.3 Å². The highest BCUT2D eigenvalue weighted by molar-refractivity contribution is 6.02. The van der Waals surface area contributed by atoms with Crippen LogP contribution in [0.25, 0.3) is 33.2 Å². The molecule has 4 aromatic rings. The summed E-state index contributed by atoms with van der Waals surface area (Å²) < 4.78 is 0. The molecule has 0 aliphatic carbocycles. The van der Waals surface area contributed by atoms with Crippen LogP contribution in [0.2, 0.25) is 0 Å². The predicted octanol–water partition coefficient (Wildman–Crippen LogP) is 4.25. The molecule has 6 heteroatoms. The summed E-state index contributed by atoms with van der Waals surface area (Å²) in [6.45, 7) is 1.96. The van der Waals surface area contributed by atoms with Gasteiger partial charge >= 0.3 is 5.69 Å². The zero-order valence-electron chi connectivity index (χ0n) is 13.4. The molecule has 0 aliphatic heterocycles. The van der Waals surface area contributed by atoms with E-state index in [-0.39, 0.29) is 11.4 Å². The van der Waals surface area contributed by atoms with Crippen molar-refractivity contribution in [3.63, 3.8) is 0 Å². The number of para-hydroxylation sites is 2.